The summed E-state index contributed by atoms with van der Waals surface area (Å²) in [6.45, 7) is 0. The quantitative estimate of drug-likeness (QED) is 0.395. The van der Waals surface area contributed by atoms with E-state index in [-0.39, 0.29) is 0 Å². The predicted octanol–water partition coefficient (Wildman–Crippen LogP) is 2.98. The highest BCUT2D eigenvalue weighted by atomic mass is 16.5. The summed E-state index contributed by atoms with van der Waals surface area (Å²) in [4.78, 5) is 2.60. The lowest BCUT2D eigenvalue weighted by atomic mass is 10.2. The Balaban J connectivity index is 2.74. The SMILES string of the molecule is COc1ccc(/C=C/N=[N+]=[N-])cc1. The number of hydrogen-bond acceptors (Lipinski definition) is 2. The first kappa shape index (κ1) is 9.16. The van der Waals surface area contributed by atoms with Crippen molar-refractivity contribution in [1.82, 2.24) is 0 Å². The Morgan fingerprint density at radius 2 is 2.08 bits per heavy atom. The van der Waals surface area contributed by atoms with Gasteiger partial charge in [-0.3, -0.25) is 0 Å². The van der Waals surface area contributed by atoms with Crippen molar-refractivity contribution in [2.75, 3.05) is 7.11 Å². The topological polar surface area (TPSA) is 58.0 Å². The Labute approximate surface area is 76.1 Å². The minimum absolute atomic E-state index is 0.806. The van der Waals surface area contributed by atoms with E-state index < -0.39 is 0 Å². The van der Waals surface area contributed by atoms with Gasteiger partial charge in [0.1, 0.15) is 5.75 Å². The second-order valence-electron chi connectivity index (χ2n) is 2.29. The van der Waals surface area contributed by atoms with E-state index in [2.05, 4.69) is 10.0 Å². The van der Waals surface area contributed by atoms with Gasteiger partial charge in [0.15, 0.2) is 0 Å². The Hall–Kier alpha value is -1.93. The van der Waals surface area contributed by atoms with Gasteiger partial charge in [-0.05, 0) is 23.2 Å². The van der Waals surface area contributed by atoms with Gasteiger partial charge in [-0.1, -0.05) is 23.3 Å². The first-order valence-corrected chi connectivity index (χ1v) is 3.71. The summed E-state index contributed by atoms with van der Waals surface area (Å²) in [5.74, 6) is 0.806. The molecule has 0 unspecified atom stereocenters. The van der Waals surface area contributed by atoms with Crippen LogP contribution in [0, 0.1) is 0 Å². The number of ether oxygens (including phenoxy) is 1. The molecule has 0 radical (unpaired) electrons. The van der Waals surface area contributed by atoms with E-state index in [1.807, 2.05) is 24.3 Å². The average molecular weight is 175 g/mol. The molecule has 66 valence electrons. The molecule has 0 aromatic heterocycles. The van der Waals surface area contributed by atoms with Gasteiger partial charge >= 0.3 is 0 Å². The zero-order valence-corrected chi connectivity index (χ0v) is 7.21. The fraction of sp³-hybridized carbons (Fsp3) is 0.111. The van der Waals surface area contributed by atoms with Gasteiger partial charge in [-0.25, -0.2) is 0 Å². The molecule has 0 spiro atoms. The van der Waals surface area contributed by atoms with E-state index in [9.17, 15) is 0 Å². The van der Waals surface area contributed by atoms with Crippen LogP contribution < -0.4 is 4.74 Å². The number of hydrogen-bond donors (Lipinski definition) is 0. The van der Waals surface area contributed by atoms with Crippen molar-refractivity contribution in [3.63, 3.8) is 0 Å². The molecule has 0 saturated heterocycles. The standard InChI is InChI=1S/C9H9N3O/c1-13-9-4-2-8(3-5-9)6-7-11-12-10/h2-7H,1H3/b7-6+. The van der Waals surface area contributed by atoms with E-state index in [1.165, 1.54) is 6.20 Å². The summed E-state index contributed by atoms with van der Waals surface area (Å²) < 4.78 is 4.99. The molecular weight excluding hydrogens is 166 g/mol. The van der Waals surface area contributed by atoms with Crippen LogP contribution in [0.5, 0.6) is 5.75 Å². The van der Waals surface area contributed by atoms with Crippen LogP contribution in [-0.2, 0) is 0 Å². The molecule has 0 fully saturated rings. The van der Waals surface area contributed by atoms with Crippen molar-refractivity contribution < 1.29 is 4.74 Å². The highest BCUT2D eigenvalue weighted by molar-refractivity contribution is 5.50. The van der Waals surface area contributed by atoms with Crippen LogP contribution in [0.1, 0.15) is 5.56 Å². The fourth-order valence-electron chi connectivity index (χ4n) is 0.864. The van der Waals surface area contributed by atoms with Crippen molar-refractivity contribution >= 4 is 6.08 Å². The van der Waals surface area contributed by atoms with Crippen LogP contribution in [0.25, 0.3) is 16.5 Å². The van der Waals surface area contributed by atoms with Crippen LogP contribution in [0.3, 0.4) is 0 Å². The summed E-state index contributed by atoms with van der Waals surface area (Å²) in [6.07, 6.45) is 3.13. The fourth-order valence-corrected chi connectivity index (χ4v) is 0.864. The zero-order valence-electron chi connectivity index (χ0n) is 7.21. The molecule has 0 aliphatic rings. The predicted molar refractivity (Wildman–Crippen MR) is 51.2 cm³/mol. The van der Waals surface area contributed by atoms with E-state index in [4.69, 9.17) is 10.3 Å². The number of rotatable bonds is 3. The molecule has 0 aliphatic carbocycles. The van der Waals surface area contributed by atoms with Crippen molar-refractivity contribution in [1.29, 1.82) is 0 Å². The molecule has 0 aliphatic heterocycles. The number of benzene rings is 1. The summed E-state index contributed by atoms with van der Waals surface area (Å²) in [5, 5.41) is 3.28. The van der Waals surface area contributed by atoms with Gasteiger partial charge in [-0.15, -0.1) is 0 Å². The van der Waals surface area contributed by atoms with Gasteiger partial charge in [0, 0.05) is 11.1 Å². The number of methoxy groups -OCH3 is 1. The molecule has 0 atom stereocenters. The third-order valence-corrected chi connectivity index (χ3v) is 1.50. The first-order valence-electron chi connectivity index (χ1n) is 3.71. The number of nitrogens with zero attached hydrogens (tertiary/aromatic N) is 3. The molecule has 0 bridgehead atoms. The summed E-state index contributed by atoms with van der Waals surface area (Å²) in [5.41, 5.74) is 8.98. The van der Waals surface area contributed by atoms with Crippen LogP contribution in [0.15, 0.2) is 35.6 Å². The van der Waals surface area contributed by atoms with Crippen LogP contribution >= 0.6 is 0 Å². The highest BCUT2D eigenvalue weighted by Gasteiger charge is 1.88. The molecule has 4 heteroatoms. The summed E-state index contributed by atoms with van der Waals surface area (Å²) in [7, 11) is 1.62. The molecule has 13 heavy (non-hydrogen) atoms. The third-order valence-electron chi connectivity index (χ3n) is 1.50. The maximum atomic E-state index is 8.01. The lowest BCUT2D eigenvalue weighted by Gasteiger charge is -1.98. The lowest BCUT2D eigenvalue weighted by Crippen LogP contribution is -1.80. The molecule has 0 N–H and O–H groups in total. The maximum absolute atomic E-state index is 8.01. The van der Waals surface area contributed by atoms with Gasteiger partial charge in [0.25, 0.3) is 0 Å². The smallest absolute Gasteiger partial charge is 0.118 e. The first-order chi connectivity index (χ1) is 6.36. The molecular formula is C9H9N3O. The maximum Gasteiger partial charge on any atom is 0.118 e. The normalized spacial score (nSPS) is 9.62. The highest BCUT2D eigenvalue weighted by Crippen LogP contribution is 2.12. The zero-order chi connectivity index (χ0) is 9.52. The van der Waals surface area contributed by atoms with E-state index in [0.717, 1.165) is 11.3 Å². The van der Waals surface area contributed by atoms with Gasteiger partial charge in [0.05, 0.1) is 7.11 Å². The van der Waals surface area contributed by atoms with Gasteiger partial charge < -0.3 is 4.74 Å². The Bertz CT molecular complexity index is 336. The second-order valence-corrected chi connectivity index (χ2v) is 2.29. The van der Waals surface area contributed by atoms with E-state index >= 15 is 0 Å². The van der Waals surface area contributed by atoms with Gasteiger partial charge in [-0.2, -0.15) is 0 Å². The number of azide groups is 1. The lowest BCUT2D eigenvalue weighted by molar-refractivity contribution is 0.415. The van der Waals surface area contributed by atoms with Crippen molar-refractivity contribution in [2.24, 2.45) is 5.11 Å². The van der Waals surface area contributed by atoms with Gasteiger partial charge in [0.2, 0.25) is 0 Å². The minimum atomic E-state index is 0.806. The summed E-state index contributed by atoms with van der Waals surface area (Å²) in [6, 6.07) is 7.44. The molecule has 4 nitrogen and oxygen atoms in total. The largest absolute Gasteiger partial charge is 0.497 e. The van der Waals surface area contributed by atoms with Crippen molar-refractivity contribution in [3.8, 4) is 5.75 Å². The minimum Gasteiger partial charge on any atom is -0.497 e. The van der Waals surface area contributed by atoms with Crippen LogP contribution in [0.2, 0.25) is 0 Å². The Kier molecular flexibility index (Phi) is 3.42. The second kappa shape index (κ2) is 4.85. The summed E-state index contributed by atoms with van der Waals surface area (Å²) >= 11 is 0. The van der Waals surface area contributed by atoms with Crippen LogP contribution in [0.4, 0.5) is 0 Å². The molecule has 0 saturated carbocycles. The van der Waals surface area contributed by atoms with E-state index in [1.54, 1.807) is 13.2 Å². The van der Waals surface area contributed by atoms with Crippen molar-refractivity contribution in [2.45, 2.75) is 0 Å². The van der Waals surface area contributed by atoms with Crippen LogP contribution in [-0.4, -0.2) is 7.11 Å². The molecule has 1 aromatic carbocycles. The molecule has 0 heterocycles. The Morgan fingerprint density at radius 3 is 2.62 bits per heavy atom. The molecule has 0 amide bonds. The Morgan fingerprint density at radius 1 is 1.38 bits per heavy atom. The average Bonchev–Trinajstić information content (AvgIpc) is 2.19. The van der Waals surface area contributed by atoms with E-state index in [0.29, 0.717) is 0 Å². The third kappa shape index (κ3) is 2.89. The monoisotopic (exact) mass is 175 g/mol. The molecule has 1 rings (SSSR count). The molecule has 1 aromatic rings. The van der Waals surface area contributed by atoms with Crippen molar-refractivity contribution in [3.05, 3.63) is 46.5 Å².